The molecule has 9 aromatic carbocycles. The molecule has 9 rings (SSSR count). The zero-order valence-electron chi connectivity index (χ0n) is 40.6. The Bertz CT molecular complexity index is 2590. The maximum Gasteiger partial charge on any atom is -0.0132 e. The maximum absolute atomic E-state index is 2.23. The van der Waals surface area contributed by atoms with E-state index in [0.717, 1.165) is 0 Å². The van der Waals surface area contributed by atoms with Gasteiger partial charge in [0.2, 0.25) is 0 Å². The monoisotopic (exact) mass is 851 g/mol. The van der Waals surface area contributed by atoms with Crippen molar-refractivity contribution in [2.24, 2.45) is 0 Å². The van der Waals surface area contributed by atoms with Gasteiger partial charge in [0.25, 0.3) is 0 Å². The summed E-state index contributed by atoms with van der Waals surface area (Å²) in [5, 5.41) is 0. The molecule has 0 aliphatic heterocycles. The van der Waals surface area contributed by atoms with Crippen molar-refractivity contribution >= 4 is 0 Å². The Morgan fingerprint density at radius 3 is 0.938 bits per heavy atom. The summed E-state index contributed by atoms with van der Waals surface area (Å²) >= 11 is 0. The van der Waals surface area contributed by atoms with E-state index in [-0.39, 0.29) is 5.41 Å². The van der Waals surface area contributed by atoms with Crippen molar-refractivity contribution in [2.45, 2.75) is 74.7 Å². The normalized spacial score (nSPS) is 10.0. The molecule has 65 heavy (non-hydrogen) atoms. The minimum atomic E-state index is 0.285. The molecule has 0 radical (unpaired) electrons. The molecule has 0 bridgehead atoms. The molecule has 0 amide bonds. The summed E-state index contributed by atoms with van der Waals surface area (Å²) < 4.78 is 0. The molecule has 0 heteroatoms. The molecule has 0 aliphatic carbocycles. The lowest BCUT2D eigenvalue weighted by molar-refractivity contribution is 0.590. The van der Waals surface area contributed by atoms with E-state index in [1.807, 2.05) is 36.4 Å². The van der Waals surface area contributed by atoms with Crippen molar-refractivity contribution in [3.05, 3.63) is 287 Å². The van der Waals surface area contributed by atoms with Gasteiger partial charge in [-0.25, -0.2) is 0 Å². The van der Waals surface area contributed by atoms with Gasteiger partial charge in [-0.15, -0.1) is 0 Å². The fraction of sp³-hybridized carbons (Fsp3) is 0.169. The summed E-state index contributed by atoms with van der Waals surface area (Å²) in [7, 11) is 0. The van der Waals surface area contributed by atoms with Crippen LogP contribution in [0.1, 0.15) is 65.3 Å². The molecule has 0 nitrogen and oxygen atoms in total. The van der Waals surface area contributed by atoms with Gasteiger partial charge in [-0.3, -0.25) is 0 Å². The Morgan fingerprint density at radius 1 is 0.231 bits per heavy atom. The highest BCUT2D eigenvalue weighted by Gasteiger charge is 2.12. The topological polar surface area (TPSA) is 0 Å². The first-order chi connectivity index (χ1) is 31.3. The summed E-state index contributed by atoms with van der Waals surface area (Å²) in [4.78, 5) is 0. The van der Waals surface area contributed by atoms with Crippen LogP contribution in [0.5, 0.6) is 0 Å². The molecular weight excluding hydrogens is 781 g/mol. The molecule has 9 aromatic rings. The molecule has 0 heterocycles. The Labute approximate surface area is 393 Å². The number of rotatable bonds is 3. The Balaban J connectivity index is 0.000000173. The number of aryl methyl sites for hydroxylation is 7. The van der Waals surface area contributed by atoms with E-state index in [2.05, 4.69) is 275 Å². The Kier molecular flexibility index (Phi) is 21.2. The Hall–Kier alpha value is -7.02. The van der Waals surface area contributed by atoms with Crippen LogP contribution in [-0.4, -0.2) is 0 Å². The zero-order chi connectivity index (χ0) is 46.9. The molecule has 0 aliphatic rings. The largest absolute Gasteiger partial charge is 0.0622 e. The van der Waals surface area contributed by atoms with Crippen LogP contribution < -0.4 is 0 Å². The third-order valence-electron chi connectivity index (χ3n) is 10.6. The molecule has 330 valence electrons. The minimum Gasteiger partial charge on any atom is -0.0622 e. The number of benzene rings is 9. The van der Waals surface area contributed by atoms with Crippen LogP contribution in [-0.2, 0) is 5.41 Å². The van der Waals surface area contributed by atoms with Gasteiger partial charge in [0.15, 0.2) is 0 Å². The molecule has 0 saturated heterocycles. The van der Waals surface area contributed by atoms with Crippen LogP contribution in [0.3, 0.4) is 0 Å². The van der Waals surface area contributed by atoms with E-state index in [1.165, 1.54) is 77.9 Å². The van der Waals surface area contributed by atoms with Crippen molar-refractivity contribution in [3.8, 4) is 33.4 Å². The molecule has 0 fully saturated rings. The van der Waals surface area contributed by atoms with Crippen LogP contribution in [0.15, 0.2) is 243 Å². The molecule has 0 spiro atoms. The fourth-order valence-electron chi connectivity index (χ4n) is 6.57. The standard InChI is InChI=1S/3C13H12.C11H16.C8H10.C7H8/c1-11-7-5-6-10-13(11)12-8-3-2-4-9-12;1-11-6-5-9-13(10-11)12-7-3-2-4-8-12;1-11-7-9-13(10-8-11)12-5-3-2-4-6-12;1-9-5-7-10(8-6-9)11(2,3)4;1-7-3-5-8(2)6-4-7;1-7-5-3-2-4-6-7/h3*2-10H,1H3;5-8H,1-4H3;3-6H,1-2H3;2-6H,1H3. The van der Waals surface area contributed by atoms with Gasteiger partial charge in [-0.2, -0.15) is 0 Å². The Morgan fingerprint density at radius 2 is 0.538 bits per heavy atom. The summed E-state index contributed by atoms with van der Waals surface area (Å²) in [6.07, 6.45) is 0. The van der Waals surface area contributed by atoms with Crippen molar-refractivity contribution < 1.29 is 0 Å². The van der Waals surface area contributed by atoms with E-state index in [0.29, 0.717) is 0 Å². The molecule has 0 unspecified atom stereocenters. The lowest BCUT2D eigenvalue weighted by atomic mass is 9.87. The van der Waals surface area contributed by atoms with E-state index < -0.39 is 0 Å². The first-order valence-electron chi connectivity index (χ1n) is 22.8. The molecule has 0 atom stereocenters. The highest BCUT2D eigenvalue weighted by Crippen LogP contribution is 2.24. The minimum absolute atomic E-state index is 0.285. The first kappa shape index (κ1) is 50.6. The van der Waals surface area contributed by atoms with E-state index in [4.69, 9.17) is 0 Å². The zero-order valence-corrected chi connectivity index (χ0v) is 40.6. The molecule has 0 aromatic heterocycles. The van der Waals surface area contributed by atoms with Gasteiger partial charge in [-0.05, 0) is 98.4 Å². The molecule has 0 N–H and O–H groups in total. The predicted octanol–water partition coefficient (Wildman–Crippen LogP) is 18.6. The second-order valence-corrected chi connectivity index (χ2v) is 17.6. The van der Waals surface area contributed by atoms with Gasteiger partial charge in [-0.1, -0.05) is 297 Å². The van der Waals surface area contributed by atoms with Crippen LogP contribution in [0.4, 0.5) is 0 Å². The van der Waals surface area contributed by atoms with Crippen molar-refractivity contribution in [1.82, 2.24) is 0 Å². The third kappa shape index (κ3) is 19.5. The van der Waals surface area contributed by atoms with Crippen molar-refractivity contribution in [3.63, 3.8) is 0 Å². The van der Waals surface area contributed by atoms with Crippen LogP contribution in [0.25, 0.3) is 33.4 Å². The molecular formula is C65H70. The van der Waals surface area contributed by atoms with Gasteiger partial charge in [0, 0.05) is 0 Å². The van der Waals surface area contributed by atoms with Gasteiger partial charge in [0.05, 0.1) is 0 Å². The number of hydrogen-bond acceptors (Lipinski definition) is 0. The van der Waals surface area contributed by atoms with E-state index >= 15 is 0 Å². The summed E-state index contributed by atoms with van der Waals surface area (Å²) in [5.41, 5.74) is 18.7. The average molecular weight is 851 g/mol. The predicted molar refractivity (Wildman–Crippen MR) is 287 cm³/mol. The van der Waals surface area contributed by atoms with Crippen molar-refractivity contribution in [1.29, 1.82) is 0 Å². The quantitative estimate of drug-likeness (QED) is 0.166. The van der Waals surface area contributed by atoms with E-state index in [9.17, 15) is 0 Å². The van der Waals surface area contributed by atoms with Gasteiger partial charge < -0.3 is 0 Å². The smallest absolute Gasteiger partial charge is 0.0132 e. The lowest BCUT2D eigenvalue weighted by Gasteiger charge is -2.18. The van der Waals surface area contributed by atoms with Crippen molar-refractivity contribution in [2.75, 3.05) is 0 Å². The fourth-order valence-corrected chi connectivity index (χ4v) is 6.57. The maximum atomic E-state index is 2.23. The summed E-state index contributed by atoms with van der Waals surface area (Å²) in [6.45, 7) is 21.5. The van der Waals surface area contributed by atoms with Crippen LogP contribution in [0, 0.1) is 48.5 Å². The van der Waals surface area contributed by atoms with Gasteiger partial charge >= 0.3 is 0 Å². The highest BCUT2D eigenvalue weighted by molar-refractivity contribution is 5.67. The van der Waals surface area contributed by atoms with Gasteiger partial charge in [0.1, 0.15) is 0 Å². The highest BCUT2D eigenvalue weighted by atomic mass is 14.2. The summed E-state index contributed by atoms with van der Waals surface area (Å²) in [5.74, 6) is 0. The number of hydrogen-bond donors (Lipinski definition) is 0. The summed E-state index contributed by atoms with van der Waals surface area (Å²) in [6, 6.07) is 84.4. The average Bonchev–Trinajstić information content (AvgIpc) is 3.32. The van der Waals surface area contributed by atoms with Crippen LogP contribution >= 0.6 is 0 Å². The first-order valence-corrected chi connectivity index (χ1v) is 22.8. The lowest BCUT2D eigenvalue weighted by Crippen LogP contribution is -2.10. The second kappa shape index (κ2) is 27.2. The second-order valence-electron chi connectivity index (χ2n) is 17.6. The third-order valence-corrected chi connectivity index (χ3v) is 10.6. The SMILES string of the molecule is Cc1ccc(-c2ccccc2)cc1.Cc1ccc(C(C)(C)C)cc1.Cc1ccc(C)cc1.Cc1cccc(-c2ccccc2)c1.Cc1ccccc1.Cc1ccccc1-c1ccccc1. The molecule has 0 saturated carbocycles. The van der Waals surface area contributed by atoms with Crippen LogP contribution in [0.2, 0.25) is 0 Å². The van der Waals surface area contributed by atoms with E-state index in [1.54, 1.807) is 0 Å².